The van der Waals surface area contributed by atoms with Crippen molar-refractivity contribution in [1.82, 2.24) is 0 Å². The zero-order valence-electron chi connectivity index (χ0n) is 4.20. The zero-order chi connectivity index (χ0) is 5.82. The Labute approximate surface area is 55.7 Å². The van der Waals surface area contributed by atoms with Gasteiger partial charge in [-0.15, -0.1) is 0 Å². The molecule has 1 aliphatic heterocycles. The van der Waals surface area contributed by atoms with Gasteiger partial charge in [0.05, 0.1) is 0 Å². The van der Waals surface area contributed by atoms with Crippen LogP contribution in [0.3, 0.4) is 0 Å². The van der Waals surface area contributed by atoms with Gasteiger partial charge in [0.2, 0.25) is 0 Å². The van der Waals surface area contributed by atoms with Crippen LogP contribution in [0.25, 0.3) is 0 Å². The van der Waals surface area contributed by atoms with Crippen molar-refractivity contribution in [2.45, 2.75) is 11.9 Å². The summed E-state index contributed by atoms with van der Waals surface area (Å²) in [7, 11) is 3.39. The zero-order valence-corrected chi connectivity index (χ0v) is 5.83. The third kappa shape index (κ3) is 1.59. The summed E-state index contributed by atoms with van der Waals surface area (Å²) in [5.74, 6) is 1.10. The second-order valence-corrected chi connectivity index (χ2v) is 4.02. The minimum Gasteiger partial charge on any atom is -0.453 e. The molecule has 0 radical (unpaired) electrons. The summed E-state index contributed by atoms with van der Waals surface area (Å²) in [6.45, 7) is 0.517. The van der Waals surface area contributed by atoms with Crippen LogP contribution in [0.4, 0.5) is 0 Å². The Balaban J connectivity index is 2.14. The predicted octanol–water partition coefficient (Wildman–Crippen LogP) is 1.27. The maximum atomic E-state index is 9.72. The molecule has 1 aliphatic rings. The smallest absolute Gasteiger partial charge is 0.294 e. The van der Waals surface area contributed by atoms with Crippen molar-refractivity contribution in [2.75, 3.05) is 5.75 Å². The minimum atomic E-state index is 0.123. The van der Waals surface area contributed by atoms with Gasteiger partial charge < -0.3 is 4.74 Å². The lowest BCUT2D eigenvalue weighted by Gasteiger charge is -2.00. The van der Waals surface area contributed by atoms with Gasteiger partial charge in [0, 0.05) is 12.2 Å². The summed E-state index contributed by atoms with van der Waals surface area (Å²) in [6, 6.07) is 0. The van der Waals surface area contributed by atoms with Gasteiger partial charge in [0.25, 0.3) is 6.47 Å². The molecule has 1 rings (SSSR count). The molecule has 0 amide bonds. The van der Waals surface area contributed by atoms with E-state index in [4.69, 9.17) is 0 Å². The SMILES string of the molecule is O=COC1CCSS1. The van der Waals surface area contributed by atoms with Crippen LogP contribution in [0.2, 0.25) is 0 Å². The van der Waals surface area contributed by atoms with Crippen LogP contribution in [-0.4, -0.2) is 17.7 Å². The second kappa shape index (κ2) is 3.25. The van der Waals surface area contributed by atoms with Crippen molar-refractivity contribution in [3.8, 4) is 0 Å². The van der Waals surface area contributed by atoms with Gasteiger partial charge in [-0.3, -0.25) is 4.79 Å². The number of carbonyl (C=O) groups is 1. The molecule has 1 saturated heterocycles. The highest BCUT2D eigenvalue weighted by molar-refractivity contribution is 8.77. The number of ether oxygens (including phenoxy) is 1. The first-order valence-electron chi connectivity index (χ1n) is 2.31. The van der Waals surface area contributed by atoms with E-state index in [1.165, 1.54) is 0 Å². The van der Waals surface area contributed by atoms with Gasteiger partial charge in [-0.25, -0.2) is 0 Å². The Morgan fingerprint density at radius 3 is 3.12 bits per heavy atom. The van der Waals surface area contributed by atoms with E-state index in [1.54, 1.807) is 21.6 Å². The normalized spacial score (nSPS) is 27.8. The monoisotopic (exact) mass is 150 g/mol. The minimum absolute atomic E-state index is 0.123. The van der Waals surface area contributed by atoms with Crippen LogP contribution in [0.1, 0.15) is 6.42 Å². The lowest BCUT2D eigenvalue weighted by atomic mass is 10.5. The van der Waals surface area contributed by atoms with Crippen LogP contribution in [0, 0.1) is 0 Å². The molecule has 1 atom stereocenters. The average Bonchev–Trinajstić information content (AvgIpc) is 2.19. The fourth-order valence-electron chi connectivity index (χ4n) is 0.469. The van der Waals surface area contributed by atoms with E-state index in [-0.39, 0.29) is 5.44 Å². The summed E-state index contributed by atoms with van der Waals surface area (Å²) in [5.41, 5.74) is 0.123. The Morgan fingerprint density at radius 2 is 2.62 bits per heavy atom. The van der Waals surface area contributed by atoms with Crippen molar-refractivity contribution < 1.29 is 9.53 Å². The first kappa shape index (κ1) is 6.29. The highest BCUT2D eigenvalue weighted by Gasteiger charge is 2.16. The lowest BCUT2D eigenvalue weighted by molar-refractivity contribution is -0.129. The highest BCUT2D eigenvalue weighted by atomic mass is 33.1. The molecule has 0 aromatic carbocycles. The fourth-order valence-corrected chi connectivity index (χ4v) is 2.94. The Morgan fingerprint density at radius 1 is 1.75 bits per heavy atom. The Kier molecular flexibility index (Phi) is 2.55. The maximum absolute atomic E-state index is 9.72. The number of hydrogen-bond acceptors (Lipinski definition) is 4. The van der Waals surface area contributed by atoms with Gasteiger partial charge >= 0.3 is 0 Å². The summed E-state index contributed by atoms with van der Waals surface area (Å²) < 4.78 is 4.66. The first-order chi connectivity index (χ1) is 3.93. The standard InChI is InChI=1S/C4H6O2S2/c5-3-6-4-1-2-7-8-4/h3-4H,1-2H2. The van der Waals surface area contributed by atoms with Gasteiger partial charge in [-0.2, -0.15) is 0 Å². The highest BCUT2D eigenvalue weighted by Crippen LogP contribution is 2.37. The molecular formula is C4H6O2S2. The van der Waals surface area contributed by atoms with Crippen molar-refractivity contribution >= 4 is 28.1 Å². The van der Waals surface area contributed by atoms with Crippen molar-refractivity contribution in [2.24, 2.45) is 0 Å². The van der Waals surface area contributed by atoms with Gasteiger partial charge in [-0.1, -0.05) is 10.8 Å². The molecule has 1 heterocycles. The number of hydrogen-bond donors (Lipinski definition) is 0. The van der Waals surface area contributed by atoms with Gasteiger partial charge in [0.15, 0.2) is 5.44 Å². The molecule has 2 nitrogen and oxygen atoms in total. The third-order valence-corrected chi connectivity index (χ3v) is 3.47. The Bertz CT molecular complexity index is 80.1. The van der Waals surface area contributed by atoms with Gasteiger partial charge in [0.1, 0.15) is 0 Å². The van der Waals surface area contributed by atoms with Crippen molar-refractivity contribution in [1.29, 1.82) is 0 Å². The van der Waals surface area contributed by atoms with Crippen LogP contribution in [-0.2, 0) is 9.53 Å². The quantitative estimate of drug-likeness (QED) is 0.437. The maximum Gasteiger partial charge on any atom is 0.294 e. The number of rotatable bonds is 2. The molecule has 0 aliphatic carbocycles. The topological polar surface area (TPSA) is 26.3 Å². The molecule has 4 heteroatoms. The summed E-state index contributed by atoms with van der Waals surface area (Å²) in [6.07, 6.45) is 0.994. The van der Waals surface area contributed by atoms with E-state index in [0.29, 0.717) is 6.47 Å². The van der Waals surface area contributed by atoms with E-state index in [1.807, 2.05) is 0 Å². The fraction of sp³-hybridized carbons (Fsp3) is 0.750. The largest absolute Gasteiger partial charge is 0.453 e. The van der Waals surface area contributed by atoms with Crippen LogP contribution < -0.4 is 0 Å². The van der Waals surface area contributed by atoms with Crippen LogP contribution in [0.5, 0.6) is 0 Å². The van der Waals surface area contributed by atoms with Crippen molar-refractivity contribution in [3.63, 3.8) is 0 Å². The summed E-state index contributed by atoms with van der Waals surface area (Å²) >= 11 is 0. The van der Waals surface area contributed by atoms with Crippen LogP contribution >= 0.6 is 21.6 Å². The molecule has 8 heavy (non-hydrogen) atoms. The number of carbonyl (C=O) groups excluding carboxylic acids is 1. The van der Waals surface area contributed by atoms with E-state index in [9.17, 15) is 4.79 Å². The van der Waals surface area contributed by atoms with Crippen molar-refractivity contribution in [3.05, 3.63) is 0 Å². The molecular weight excluding hydrogens is 144 g/mol. The van der Waals surface area contributed by atoms with E-state index < -0.39 is 0 Å². The average molecular weight is 150 g/mol. The van der Waals surface area contributed by atoms with E-state index >= 15 is 0 Å². The molecule has 0 saturated carbocycles. The summed E-state index contributed by atoms with van der Waals surface area (Å²) in [5, 5.41) is 0. The van der Waals surface area contributed by atoms with Gasteiger partial charge in [-0.05, 0) is 10.8 Å². The van der Waals surface area contributed by atoms with E-state index in [0.717, 1.165) is 12.2 Å². The first-order valence-corrected chi connectivity index (χ1v) is 4.69. The lowest BCUT2D eigenvalue weighted by Crippen LogP contribution is -2.01. The molecule has 0 bridgehead atoms. The molecule has 1 fully saturated rings. The molecule has 0 aromatic rings. The second-order valence-electron chi connectivity index (χ2n) is 1.37. The molecule has 0 aromatic heterocycles. The molecule has 1 unspecified atom stereocenters. The Hall–Kier alpha value is 0.170. The predicted molar refractivity (Wildman–Crippen MR) is 35.6 cm³/mol. The van der Waals surface area contributed by atoms with E-state index in [2.05, 4.69) is 4.74 Å². The summed E-state index contributed by atoms with van der Waals surface area (Å²) in [4.78, 5) is 9.72. The third-order valence-electron chi connectivity index (χ3n) is 0.820. The molecule has 0 N–H and O–H groups in total. The molecule has 0 spiro atoms. The van der Waals surface area contributed by atoms with Crippen LogP contribution in [0.15, 0.2) is 0 Å². The molecule has 46 valence electrons.